The highest BCUT2D eigenvalue weighted by atomic mass is 16.3. The third kappa shape index (κ3) is 3.60. The van der Waals surface area contributed by atoms with Gasteiger partial charge in [0.05, 0.1) is 23.9 Å². The molecule has 0 amide bonds. The van der Waals surface area contributed by atoms with E-state index in [2.05, 4.69) is 144 Å². The van der Waals surface area contributed by atoms with Gasteiger partial charge < -0.3 is 24.5 Å². The third-order valence-corrected chi connectivity index (χ3v) is 9.46. The van der Waals surface area contributed by atoms with Gasteiger partial charge in [0, 0.05) is 81.0 Å². The normalized spacial score (nSPS) is 16.0. The number of H-pyrrole nitrogens is 1. The van der Waals surface area contributed by atoms with Gasteiger partial charge >= 0.3 is 0 Å². The van der Waals surface area contributed by atoms with E-state index in [-0.39, 0.29) is 18.1 Å². The van der Waals surface area contributed by atoms with Gasteiger partial charge in [0.25, 0.3) is 0 Å². The van der Waals surface area contributed by atoms with Gasteiger partial charge in [-0.25, -0.2) is 0 Å². The number of aromatic amines is 1. The molecule has 0 fully saturated rings. The predicted molar refractivity (Wildman–Crippen MR) is 173 cm³/mol. The minimum absolute atomic E-state index is 0.0143. The topological polar surface area (TPSA) is 57.9 Å². The number of hydrogen-bond acceptors (Lipinski definition) is 2. The Bertz CT molecular complexity index is 2140. The number of anilines is 1. The first-order chi connectivity index (χ1) is 20.4. The van der Waals surface area contributed by atoms with E-state index in [1.165, 1.54) is 60.8 Å². The lowest BCUT2D eigenvalue weighted by Crippen LogP contribution is -2.25. The van der Waals surface area contributed by atoms with Crippen molar-refractivity contribution in [2.45, 2.75) is 38.5 Å². The summed E-state index contributed by atoms with van der Waals surface area (Å²) in [6.07, 6.45) is 4.42. The zero-order valence-corrected chi connectivity index (χ0v) is 24.1. The number of benzene rings is 4. The van der Waals surface area contributed by atoms with Crippen LogP contribution in [0.3, 0.4) is 0 Å². The van der Waals surface area contributed by atoms with Crippen LogP contribution in [0.2, 0.25) is 0 Å². The molecule has 42 heavy (non-hydrogen) atoms. The Labute approximate surface area is 245 Å². The number of aliphatic hydroxyl groups is 1. The minimum atomic E-state index is -0.0781. The van der Waals surface area contributed by atoms with Gasteiger partial charge in [0.15, 0.2) is 0 Å². The molecule has 1 atom stereocenters. The summed E-state index contributed by atoms with van der Waals surface area (Å²) in [5.74, 6) is 0. The molecule has 4 aromatic carbocycles. The highest BCUT2D eigenvalue weighted by molar-refractivity contribution is 5.99. The molecule has 1 aliphatic heterocycles. The van der Waals surface area contributed by atoms with Crippen molar-refractivity contribution in [3.63, 3.8) is 0 Å². The number of fused-ring (bicyclic) bond motifs is 4. The standard InChI is InChI=1S/C37H34N4O/c1-37(2)30-12-6-7-13-31(30)39-36(37)28-19-38-35-25(22-42)16-23(17-27(28)35)20-41-21-29(26-11-5-9-15-33(26)41)34-18-24-10-4-8-14-32(24)40(34)3/h4-19,21,36,38-39,42H,20,22H2,1-3H3. The van der Waals surface area contributed by atoms with Crippen molar-refractivity contribution in [3.05, 3.63) is 126 Å². The van der Waals surface area contributed by atoms with Crippen molar-refractivity contribution in [2.75, 3.05) is 5.32 Å². The van der Waals surface area contributed by atoms with Gasteiger partial charge in [-0.05, 0) is 47.5 Å². The molecule has 0 spiro atoms. The Hall–Kier alpha value is -4.74. The molecule has 5 heteroatoms. The maximum atomic E-state index is 10.4. The van der Waals surface area contributed by atoms with Gasteiger partial charge in [0.1, 0.15) is 0 Å². The number of nitrogens with zero attached hydrogens (tertiary/aromatic N) is 2. The molecule has 1 unspecified atom stereocenters. The molecule has 208 valence electrons. The van der Waals surface area contributed by atoms with Crippen LogP contribution in [0.25, 0.3) is 44.0 Å². The number of aryl methyl sites for hydroxylation is 1. The molecule has 3 aromatic heterocycles. The number of aliphatic hydroxyl groups excluding tert-OH is 1. The van der Waals surface area contributed by atoms with Gasteiger partial charge in [0.2, 0.25) is 0 Å². The first-order valence-corrected chi connectivity index (χ1v) is 14.7. The Morgan fingerprint density at radius 2 is 1.62 bits per heavy atom. The molecular weight excluding hydrogens is 516 g/mol. The Balaban J connectivity index is 1.24. The summed E-state index contributed by atoms with van der Waals surface area (Å²) in [4.78, 5) is 3.50. The second kappa shape index (κ2) is 9.13. The lowest BCUT2D eigenvalue weighted by molar-refractivity contribution is 0.283. The van der Waals surface area contributed by atoms with Gasteiger partial charge in [-0.2, -0.15) is 0 Å². The molecule has 0 aliphatic carbocycles. The SMILES string of the molecule is Cn1c(-c2cn(Cc3cc(CO)c4[nH]cc(C5Nc6ccccc6C5(C)C)c4c3)c3ccccc23)cc2ccccc21. The Morgan fingerprint density at radius 1 is 0.857 bits per heavy atom. The summed E-state index contributed by atoms with van der Waals surface area (Å²) in [5.41, 5.74) is 11.7. The van der Waals surface area contributed by atoms with Crippen LogP contribution in [0.5, 0.6) is 0 Å². The minimum Gasteiger partial charge on any atom is -0.392 e. The molecule has 4 heterocycles. The summed E-state index contributed by atoms with van der Waals surface area (Å²) in [6, 6.07) is 32.7. The second-order valence-electron chi connectivity index (χ2n) is 12.3. The monoisotopic (exact) mass is 550 g/mol. The van der Waals surface area contributed by atoms with E-state index in [1.54, 1.807) is 0 Å². The number of para-hydroxylation sites is 3. The molecule has 0 bridgehead atoms. The van der Waals surface area contributed by atoms with Crippen LogP contribution >= 0.6 is 0 Å². The first-order valence-electron chi connectivity index (χ1n) is 14.7. The van der Waals surface area contributed by atoms with Crippen LogP contribution in [0.1, 0.15) is 42.1 Å². The molecule has 3 N–H and O–H groups in total. The summed E-state index contributed by atoms with van der Waals surface area (Å²) in [5, 5.41) is 17.9. The second-order valence-corrected chi connectivity index (χ2v) is 12.3. The van der Waals surface area contributed by atoms with E-state index in [9.17, 15) is 5.11 Å². The van der Waals surface area contributed by atoms with Gasteiger partial charge in [-0.1, -0.05) is 68.4 Å². The highest BCUT2D eigenvalue weighted by Crippen LogP contribution is 2.49. The maximum absolute atomic E-state index is 10.4. The lowest BCUT2D eigenvalue weighted by atomic mass is 9.77. The van der Waals surface area contributed by atoms with Gasteiger partial charge in [-0.15, -0.1) is 0 Å². The number of aromatic nitrogens is 3. The zero-order valence-electron chi connectivity index (χ0n) is 24.1. The fourth-order valence-electron chi connectivity index (χ4n) is 7.30. The molecule has 8 rings (SSSR count). The molecule has 7 aromatic rings. The molecule has 1 aliphatic rings. The first kappa shape index (κ1) is 25.0. The molecular formula is C37H34N4O. The van der Waals surface area contributed by atoms with Crippen molar-refractivity contribution in [1.29, 1.82) is 0 Å². The van der Waals surface area contributed by atoms with Crippen LogP contribution in [0, 0.1) is 0 Å². The lowest BCUT2D eigenvalue weighted by Gasteiger charge is -2.27. The molecule has 0 saturated carbocycles. The molecule has 0 radical (unpaired) electrons. The van der Waals surface area contributed by atoms with Crippen molar-refractivity contribution in [2.24, 2.45) is 7.05 Å². The fourth-order valence-corrected chi connectivity index (χ4v) is 7.30. The van der Waals surface area contributed by atoms with E-state index in [1.807, 2.05) is 0 Å². The van der Waals surface area contributed by atoms with Crippen LogP contribution in [0.4, 0.5) is 5.69 Å². The fraction of sp³-hybridized carbons (Fsp3) is 0.189. The number of hydrogen-bond donors (Lipinski definition) is 3. The number of rotatable bonds is 5. The number of nitrogens with one attached hydrogen (secondary N) is 2. The van der Waals surface area contributed by atoms with Crippen molar-refractivity contribution in [1.82, 2.24) is 14.1 Å². The van der Waals surface area contributed by atoms with Crippen molar-refractivity contribution in [3.8, 4) is 11.3 Å². The third-order valence-electron chi connectivity index (χ3n) is 9.46. The van der Waals surface area contributed by atoms with Crippen molar-refractivity contribution < 1.29 is 5.11 Å². The summed E-state index contributed by atoms with van der Waals surface area (Å²) >= 11 is 0. The largest absolute Gasteiger partial charge is 0.392 e. The van der Waals surface area contributed by atoms with E-state index >= 15 is 0 Å². The van der Waals surface area contributed by atoms with E-state index in [4.69, 9.17) is 0 Å². The Morgan fingerprint density at radius 3 is 2.43 bits per heavy atom. The Kier molecular flexibility index (Phi) is 5.44. The highest BCUT2D eigenvalue weighted by Gasteiger charge is 2.41. The van der Waals surface area contributed by atoms with E-state index in [0.717, 1.165) is 11.1 Å². The molecule has 0 saturated heterocycles. The average molecular weight is 551 g/mol. The molecule has 5 nitrogen and oxygen atoms in total. The maximum Gasteiger partial charge on any atom is 0.0702 e. The van der Waals surface area contributed by atoms with Crippen LogP contribution in [-0.2, 0) is 25.6 Å². The van der Waals surface area contributed by atoms with Crippen LogP contribution in [-0.4, -0.2) is 19.2 Å². The van der Waals surface area contributed by atoms with E-state index in [0.29, 0.717) is 6.54 Å². The van der Waals surface area contributed by atoms with E-state index < -0.39 is 0 Å². The summed E-state index contributed by atoms with van der Waals surface area (Å²) < 4.78 is 4.64. The van der Waals surface area contributed by atoms with Crippen LogP contribution < -0.4 is 5.32 Å². The van der Waals surface area contributed by atoms with Crippen LogP contribution in [0.15, 0.2) is 103 Å². The quantitative estimate of drug-likeness (QED) is 0.202. The zero-order chi connectivity index (χ0) is 28.6. The summed E-state index contributed by atoms with van der Waals surface area (Å²) in [7, 11) is 2.15. The summed E-state index contributed by atoms with van der Waals surface area (Å²) in [6.45, 7) is 5.32. The van der Waals surface area contributed by atoms with Crippen molar-refractivity contribution >= 4 is 38.4 Å². The predicted octanol–water partition coefficient (Wildman–Crippen LogP) is 8.27. The smallest absolute Gasteiger partial charge is 0.0702 e. The van der Waals surface area contributed by atoms with Gasteiger partial charge in [-0.3, -0.25) is 0 Å². The average Bonchev–Trinajstić information content (AvgIpc) is 3.74.